The third-order valence-corrected chi connectivity index (χ3v) is 2.98. The molecule has 0 spiro atoms. The minimum absolute atomic E-state index is 0.0311. The third kappa shape index (κ3) is 4.70. The molecule has 3 atom stereocenters. The van der Waals surface area contributed by atoms with Crippen LogP contribution in [0.5, 0.6) is 0 Å². The first-order valence-electron chi connectivity index (χ1n) is 5.92. The number of nitrogens with one attached hydrogen (secondary N) is 2. The van der Waals surface area contributed by atoms with Crippen LogP contribution in [0.1, 0.15) is 26.2 Å². The topological polar surface area (TPSA) is 98.7 Å². The minimum Gasteiger partial charge on any atom is -0.479 e. The van der Waals surface area contributed by atoms with Crippen molar-refractivity contribution < 1.29 is 19.8 Å². The molecule has 0 bridgehead atoms. The van der Waals surface area contributed by atoms with Gasteiger partial charge in [0.1, 0.15) is 0 Å². The lowest BCUT2D eigenvalue weighted by molar-refractivity contribution is -0.147. The first-order chi connectivity index (χ1) is 8.00. The van der Waals surface area contributed by atoms with Gasteiger partial charge in [-0.15, -0.1) is 0 Å². The van der Waals surface area contributed by atoms with E-state index in [-0.39, 0.29) is 24.9 Å². The fraction of sp³-hybridized carbons (Fsp3) is 0.818. The maximum atomic E-state index is 11.7. The van der Waals surface area contributed by atoms with Crippen LogP contribution < -0.4 is 10.6 Å². The molecule has 0 aliphatic carbocycles. The number of hydrogen-bond donors (Lipinski definition) is 4. The van der Waals surface area contributed by atoms with Gasteiger partial charge in [-0.25, -0.2) is 4.79 Å². The van der Waals surface area contributed by atoms with Crippen LogP contribution in [0.2, 0.25) is 0 Å². The van der Waals surface area contributed by atoms with Crippen LogP contribution in [0, 0.1) is 5.92 Å². The lowest BCUT2D eigenvalue weighted by atomic mass is 9.94. The standard InChI is InChI=1S/C11H20N2O4/c1-7-2-4-12-8(6-7)10(15)13-5-3-9(14)11(16)17/h7-9,12,14H,2-6H2,1H3,(H,13,15)(H,16,17). The van der Waals surface area contributed by atoms with E-state index < -0.39 is 12.1 Å². The third-order valence-electron chi connectivity index (χ3n) is 2.98. The first-order valence-corrected chi connectivity index (χ1v) is 5.92. The highest BCUT2D eigenvalue weighted by Gasteiger charge is 2.24. The molecule has 6 heteroatoms. The van der Waals surface area contributed by atoms with Gasteiger partial charge in [-0.3, -0.25) is 4.79 Å². The van der Waals surface area contributed by atoms with Crippen molar-refractivity contribution in [2.75, 3.05) is 13.1 Å². The number of aliphatic hydroxyl groups is 1. The van der Waals surface area contributed by atoms with Crippen molar-refractivity contribution in [2.24, 2.45) is 5.92 Å². The second kappa shape index (κ2) is 6.56. The number of aliphatic hydroxyl groups excluding tert-OH is 1. The number of amides is 1. The Bertz CT molecular complexity index is 283. The molecule has 0 aromatic carbocycles. The van der Waals surface area contributed by atoms with Crippen LogP contribution in [-0.4, -0.2) is 47.3 Å². The predicted octanol–water partition coefficient (Wildman–Crippen LogP) is -0.674. The summed E-state index contributed by atoms with van der Waals surface area (Å²) in [7, 11) is 0. The fourth-order valence-electron chi connectivity index (χ4n) is 1.89. The maximum absolute atomic E-state index is 11.7. The molecule has 98 valence electrons. The second-order valence-corrected chi connectivity index (χ2v) is 4.57. The highest BCUT2D eigenvalue weighted by atomic mass is 16.4. The molecule has 0 saturated carbocycles. The molecule has 4 N–H and O–H groups in total. The summed E-state index contributed by atoms with van der Waals surface area (Å²) in [5.74, 6) is -0.852. The Morgan fingerprint density at radius 2 is 2.24 bits per heavy atom. The summed E-state index contributed by atoms with van der Waals surface area (Å²) in [6.07, 6.45) is 0.492. The van der Waals surface area contributed by atoms with E-state index in [4.69, 9.17) is 10.2 Å². The van der Waals surface area contributed by atoms with E-state index in [2.05, 4.69) is 17.6 Å². The zero-order valence-corrected chi connectivity index (χ0v) is 9.98. The van der Waals surface area contributed by atoms with E-state index in [0.29, 0.717) is 5.92 Å². The average Bonchev–Trinajstić information content (AvgIpc) is 2.28. The van der Waals surface area contributed by atoms with Gasteiger partial charge in [0.15, 0.2) is 6.10 Å². The molecule has 1 aliphatic heterocycles. The molecule has 1 aliphatic rings. The number of aliphatic carboxylic acids is 1. The molecule has 6 nitrogen and oxygen atoms in total. The van der Waals surface area contributed by atoms with Crippen LogP contribution >= 0.6 is 0 Å². The zero-order chi connectivity index (χ0) is 12.8. The molecule has 0 aromatic rings. The van der Waals surface area contributed by atoms with E-state index in [9.17, 15) is 9.59 Å². The molecule has 1 rings (SSSR count). The van der Waals surface area contributed by atoms with Gasteiger partial charge in [0.2, 0.25) is 5.91 Å². The van der Waals surface area contributed by atoms with Gasteiger partial charge in [-0.2, -0.15) is 0 Å². The van der Waals surface area contributed by atoms with Gasteiger partial charge >= 0.3 is 5.97 Å². The molecule has 0 radical (unpaired) electrons. The normalized spacial score (nSPS) is 26.2. The molecule has 1 fully saturated rings. The Morgan fingerprint density at radius 3 is 2.82 bits per heavy atom. The Kier molecular flexibility index (Phi) is 5.37. The Balaban J connectivity index is 2.22. The van der Waals surface area contributed by atoms with Crippen molar-refractivity contribution in [3.8, 4) is 0 Å². The molecule has 1 heterocycles. The summed E-state index contributed by atoms with van der Waals surface area (Å²) in [5, 5.41) is 23.2. The predicted molar refractivity (Wildman–Crippen MR) is 61.5 cm³/mol. The quantitative estimate of drug-likeness (QED) is 0.514. The van der Waals surface area contributed by atoms with E-state index >= 15 is 0 Å². The number of piperidine rings is 1. The molecule has 17 heavy (non-hydrogen) atoms. The van der Waals surface area contributed by atoms with Crippen molar-refractivity contribution in [3.05, 3.63) is 0 Å². The number of rotatable bonds is 5. The molecule has 3 unspecified atom stereocenters. The summed E-state index contributed by atoms with van der Waals surface area (Å²) in [6, 6.07) is -0.194. The van der Waals surface area contributed by atoms with Crippen LogP contribution in [0.4, 0.5) is 0 Å². The summed E-state index contributed by atoms with van der Waals surface area (Å²) in [5.41, 5.74) is 0. The molecule has 0 aromatic heterocycles. The molecular weight excluding hydrogens is 224 g/mol. The molecule has 1 saturated heterocycles. The summed E-state index contributed by atoms with van der Waals surface area (Å²) in [4.78, 5) is 22.0. The lowest BCUT2D eigenvalue weighted by Gasteiger charge is -2.27. The van der Waals surface area contributed by atoms with Gasteiger partial charge in [0.05, 0.1) is 6.04 Å². The zero-order valence-electron chi connectivity index (χ0n) is 9.98. The number of carboxylic acids is 1. The van der Waals surface area contributed by atoms with Gasteiger partial charge in [-0.1, -0.05) is 6.92 Å². The van der Waals surface area contributed by atoms with E-state index in [0.717, 1.165) is 19.4 Å². The van der Waals surface area contributed by atoms with Crippen molar-refractivity contribution in [1.29, 1.82) is 0 Å². The van der Waals surface area contributed by atoms with Crippen LogP contribution in [-0.2, 0) is 9.59 Å². The van der Waals surface area contributed by atoms with Gasteiger partial charge in [0, 0.05) is 13.0 Å². The van der Waals surface area contributed by atoms with Crippen LogP contribution in [0.3, 0.4) is 0 Å². The SMILES string of the molecule is CC1CCNC(C(=O)NCCC(O)C(=O)O)C1. The van der Waals surface area contributed by atoms with Crippen molar-refractivity contribution in [3.63, 3.8) is 0 Å². The summed E-state index contributed by atoms with van der Waals surface area (Å²) < 4.78 is 0. The van der Waals surface area contributed by atoms with Gasteiger partial charge in [0.25, 0.3) is 0 Å². The van der Waals surface area contributed by atoms with Gasteiger partial charge in [-0.05, 0) is 25.3 Å². The summed E-state index contributed by atoms with van der Waals surface area (Å²) in [6.45, 7) is 3.12. The number of carbonyl (C=O) groups excluding carboxylic acids is 1. The number of hydrogen-bond acceptors (Lipinski definition) is 4. The monoisotopic (exact) mass is 244 g/mol. The largest absolute Gasteiger partial charge is 0.479 e. The minimum atomic E-state index is -1.41. The van der Waals surface area contributed by atoms with Crippen molar-refractivity contribution in [2.45, 2.75) is 38.3 Å². The Labute approximate surface area is 100 Å². The first kappa shape index (κ1) is 13.9. The summed E-state index contributed by atoms with van der Waals surface area (Å²) >= 11 is 0. The van der Waals surface area contributed by atoms with Crippen molar-refractivity contribution >= 4 is 11.9 Å². The van der Waals surface area contributed by atoms with E-state index in [1.807, 2.05) is 0 Å². The molecule has 1 amide bonds. The van der Waals surface area contributed by atoms with Crippen LogP contribution in [0.25, 0.3) is 0 Å². The highest BCUT2D eigenvalue weighted by Crippen LogP contribution is 2.14. The number of carboxylic acid groups (broad SMARTS) is 1. The maximum Gasteiger partial charge on any atom is 0.332 e. The van der Waals surface area contributed by atoms with E-state index in [1.165, 1.54) is 0 Å². The molecular formula is C11H20N2O4. The van der Waals surface area contributed by atoms with E-state index in [1.54, 1.807) is 0 Å². The van der Waals surface area contributed by atoms with Crippen LogP contribution in [0.15, 0.2) is 0 Å². The Morgan fingerprint density at radius 1 is 1.53 bits per heavy atom. The average molecular weight is 244 g/mol. The second-order valence-electron chi connectivity index (χ2n) is 4.57. The highest BCUT2D eigenvalue weighted by molar-refractivity contribution is 5.81. The Hall–Kier alpha value is -1.14. The fourth-order valence-corrected chi connectivity index (χ4v) is 1.89. The number of carbonyl (C=O) groups is 2. The smallest absolute Gasteiger partial charge is 0.332 e. The lowest BCUT2D eigenvalue weighted by Crippen LogP contribution is -2.48. The van der Waals surface area contributed by atoms with Gasteiger partial charge < -0.3 is 20.8 Å². The van der Waals surface area contributed by atoms with Crippen molar-refractivity contribution in [1.82, 2.24) is 10.6 Å².